The molecule has 1 heterocycles. The monoisotopic (exact) mass is 714 g/mol. The Morgan fingerprint density at radius 2 is 0.804 bits per heavy atom. The van der Waals surface area contributed by atoms with Crippen LogP contribution in [0.1, 0.15) is 0 Å². The summed E-state index contributed by atoms with van der Waals surface area (Å²) in [5.74, 6) is 0. The number of para-hydroxylation sites is 3. The number of nitrogens with zero attached hydrogens (tertiary/aromatic N) is 2. The van der Waals surface area contributed by atoms with Crippen LogP contribution in [0.5, 0.6) is 0 Å². The van der Waals surface area contributed by atoms with Crippen molar-refractivity contribution in [2.24, 2.45) is 0 Å². The summed E-state index contributed by atoms with van der Waals surface area (Å²) in [5, 5.41) is 2.41. The SMILES string of the molecule is c1ccc(-c2ccccc2-c2ccc(N(c3ccccc3)c3cccc4c3c3ccccc3n4-c3ccccc3-c3ccccc3)c(-c3ccccc3)c2)cc1. The number of fused-ring (bicyclic) bond motifs is 3. The second kappa shape index (κ2) is 14.4. The molecule has 0 radical (unpaired) electrons. The molecule has 0 unspecified atom stereocenters. The summed E-state index contributed by atoms with van der Waals surface area (Å²) in [5.41, 5.74) is 16.3. The highest BCUT2D eigenvalue weighted by Crippen LogP contribution is 2.48. The molecule has 0 aliphatic heterocycles. The van der Waals surface area contributed by atoms with Crippen molar-refractivity contribution in [3.05, 3.63) is 231 Å². The average Bonchev–Trinajstić information content (AvgIpc) is 3.63. The quantitative estimate of drug-likeness (QED) is 0.152. The normalized spacial score (nSPS) is 11.2. The smallest absolute Gasteiger partial charge is 0.0562 e. The molecule has 10 aromatic rings. The summed E-state index contributed by atoms with van der Waals surface area (Å²) in [6.07, 6.45) is 0. The largest absolute Gasteiger partial charge is 0.309 e. The molecule has 0 aliphatic rings. The van der Waals surface area contributed by atoms with Gasteiger partial charge in [-0.1, -0.05) is 182 Å². The number of anilines is 3. The van der Waals surface area contributed by atoms with Gasteiger partial charge in [0, 0.05) is 27.6 Å². The lowest BCUT2D eigenvalue weighted by molar-refractivity contribution is 1.18. The van der Waals surface area contributed by atoms with Crippen LogP contribution in [-0.4, -0.2) is 4.57 Å². The zero-order valence-electron chi connectivity index (χ0n) is 30.8. The van der Waals surface area contributed by atoms with Crippen molar-refractivity contribution in [1.29, 1.82) is 0 Å². The van der Waals surface area contributed by atoms with Gasteiger partial charge < -0.3 is 9.47 Å². The van der Waals surface area contributed by atoms with Gasteiger partial charge in [-0.3, -0.25) is 0 Å². The molecular weight excluding hydrogens is 677 g/mol. The number of benzene rings is 9. The first-order valence-electron chi connectivity index (χ1n) is 19.2. The van der Waals surface area contributed by atoms with Gasteiger partial charge in [0.2, 0.25) is 0 Å². The van der Waals surface area contributed by atoms with E-state index in [4.69, 9.17) is 0 Å². The predicted molar refractivity (Wildman–Crippen MR) is 237 cm³/mol. The lowest BCUT2D eigenvalue weighted by Gasteiger charge is -2.29. The van der Waals surface area contributed by atoms with E-state index in [1.54, 1.807) is 0 Å². The van der Waals surface area contributed by atoms with E-state index in [-0.39, 0.29) is 0 Å². The van der Waals surface area contributed by atoms with Gasteiger partial charge in [-0.25, -0.2) is 0 Å². The van der Waals surface area contributed by atoms with Crippen LogP contribution >= 0.6 is 0 Å². The van der Waals surface area contributed by atoms with Crippen LogP contribution < -0.4 is 4.90 Å². The van der Waals surface area contributed by atoms with Crippen molar-refractivity contribution in [2.45, 2.75) is 0 Å². The predicted octanol–water partition coefficient (Wildman–Crippen LogP) is 14.9. The molecule has 0 spiro atoms. The molecule has 10 rings (SSSR count). The van der Waals surface area contributed by atoms with E-state index in [0.29, 0.717) is 0 Å². The molecule has 0 fully saturated rings. The first-order valence-corrected chi connectivity index (χ1v) is 19.2. The number of rotatable bonds is 8. The molecule has 0 aliphatic carbocycles. The highest BCUT2D eigenvalue weighted by molar-refractivity contribution is 6.17. The van der Waals surface area contributed by atoms with E-state index in [1.807, 2.05) is 0 Å². The Morgan fingerprint density at radius 1 is 0.304 bits per heavy atom. The number of hydrogen-bond donors (Lipinski definition) is 0. The fourth-order valence-corrected chi connectivity index (χ4v) is 8.31. The Morgan fingerprint density at radius 3 is 1.48 bits per heavy atom. The van der Waals surface area contributed by atoms with E-state index in [0.717, 1.165) is 39.4 Å². The lowest BCUT2D eigenvalue weighted by atomic mass is 9.91. The van der Waals surface area contributed by atoms with Crippen LogP contribution in [0.4, 0.5) is 17.1 Å². The second-order valence-electron chi connectivity index (χ2n) is 14.1. The summed E-state index contributed by atoms with van der Waals surface area (Å²) in [4.78, 5) is 2.46. The van der Waals surface area contributed by atoms with Gasteiger partial charge in [-0.2, -0.15) is 0 Å². The van der Waals surface area contributed by atoms with Crippen molar-refractivity contribution in [3.63, 3.8) is 0 Å². The van der Waals surface area contributed by atoms with Gasteiger partial charge in [0.15, 0.2) is 0 Å². The number of aromatic nitrogens is 1. The minimum absolute atomic E-state index is 1.09. The van der Waals surface area contributed by atoms with E-state index >= 15 is 0 Å². The molecule has 1 aromatic heterocycles. The molecule has 0 saturated heterocycles. The van der Waals surface area contributed by atoms with Crippen LogP contribution in [-0.2, 0) is 0 Å². The molecule has 0 atom stereocenters. The number of hydrogen-bond acceptors (Lipinski definition) is 1. The van der Waals surface area contributed by atoms with Gasteiger partial charge in [-0.05, 0) is 81.9 Å². The van der Waals surface area contributed by atoms with Gasteiger partial charge in [0.1, 0.15) is 0 Å². The van der Waals surface area contributed by atoms with Crippen LogP contribution in [0, 0.1) is 0 Å². The first-order chi connectivity index (χ1) is 27.8. The third kappa shape index (κ3) is 5.85. The van der Waals surface area contributed by atoms with Crippen LogP contribution in [0.3, 0.4) is 0 Å². The van der Waals surface area contributed by atoms with E-state index in [1.165, 1.54) is 49.7 Å². The molecule has 0 N–H and O–H groups in total. The molecular formula is C54H38N2. The summed E-state index contributed by atoms with van der Waals surface area (Å²) >= 11 is 0. The third-order valence-corrected chi connectivity index (χ3v) is 10.8. The second-order valence-corrected chi connectivity index (χ2v) is 14.1. The van der Waals surface area contributed by atoms with Crippen LogP contribution in [0.15, 0.2) is 231 Å². The Kier molecular flexibility index (Phi) is 8.55. The minimum Gasteiger partial charge on any atom is -0.309 e. The molecule has 56 heavy (non-hydrogen) atoms. The summed E-state index contributed by atoms with van der Waals surface area (Å²) in [7, 11) is 0. The van der Waals surface area contributed by atoms with Crippen molar-refractivity contribution < 1.29 is 0 Å². The van der Waals surface area contributed by atoms with Crippen molar-refractivity contribution >= 4 is 38.9 Å². The Balaban J connectivity index is 1.24. The Labute approximate surface area is 327 Å². The fourth-order valence-electron chi connectivity index (χ4n) is 8.31. The third-order valence-electron chi connectivity index (χ3n) is 10.8. The van der Waals surface area contributed by atoms with E-state index < -0.39 is 0 Å². The Hall–Kier alpha value is -7.42. The van der Waals surface area contributed by atoms with Gasteiger partial charge in [-0.15, -0.1) is 0 Å². The average molecular weight is 715 g/mol. The molecule has 0 amide bonds. The van der Waals surface area contributed by atoms with Crippen molar-refractivity contribution in [1.82, 2.24) is 4.57 Å². The molecule has 0 saturated carbocycles. The molecule has 2 nitrogen and oxygen atoms in total. The fraction of sp³-hybridized carbons (Fsp3) is 0. The standard InChI is InChI=1S/C54H38N2/c1-5-20-39(21-6-1)44-28-13-14-29-45(44)42-36-37-51(48(38-42)41-24-9-3-10-25-41)55(43-26-11-4-12-27-43)52-34-19-35-53-54(52)47-31-16-18-33-50(47)56(53)49-32-17-15-30-46(49)40-22-7-2-8-23-40/h1-38H. The lowest BCUT2D eigenvalue weighted by Crippen LogP contribution is -2.12. The minimum atomic E-state index is 1.09. The zero-order chi connectivity index (χ0) is 37.3. The molecule has 2 heteroatoms. The van der Waals surface area contributed by atoms with Crippen molar-refractivity contribution in [3.8, 4) is 50.2 Å². The molecule has 264 valence electrons. The van der Waals surface area contributed by atoms with E-state index in [2.05, 4.69) is 240 Å². The van der Waals surface area contributed by atoms with Crippen molar-refractivity contribution in [2.75, 3.05) is 4.90 Å². The van der Waals surface area contributed by atoms with Crippen LogP contribution in [0.25, 0.3) is 72.0 Å². The molecule has 0 bridgehead atoms. The van der Waals surface area contributed by atoms with Gasteiger partial charge in [0.05, 0.1) is 28.1 Å². The zero-order valence-corrected chi connectivity index (χ0v) is 30.8. The van der Waals surface area contributed by atoms with Gasteiger partial charge in [0.25, 0.3) is 0 Å². The summed E-state index contributed by atoms with van der Waals surface area (Å²) in [6.45, 7) is 0. The Bertz CT molecular complexity index is 2950. The topological polar surface area (TPSA) is 8.17 Å². The highest BCUT2D eigenvalue weighted by atomic mass is 15.2. The maximum absolute atomic E-state index is 2.46. The van der Waals surface area contributed by atoms with Gasteiger partial charge >= 0.3 is 0 Å². The highest BCUT2D eigenvalue weighted by Gasteiger charge is 2.24. The van der Waals surface area contributed by atoms with E-state index in [9.17, 15) is 0 Å². The van der Waals surface area contributed by atoms with Crippen LogP contribution in [0.2, 0.25) is 0 Å². The maximum atomic E-state index is 2.46. The summed E-state index contributed by atoms with van der Waals surface area (Å²) < 4.78 is 2.45. The first kappa shape index (κ1) is 33.2. The maximum Gasteiger partial charge on any atom is 0.0562 e. The molecule has 9 aromatic carbocycles. The summed E-state index contributed by atoms with van der Waals surface area (Å²) in [6, 6.07) is 83.1.